The molecule has 2 amide bonds. The van der Waals surface area contributed by atoms with Crippen molar-refractivity contribution in [1.29, 1.82) is 0 Å². The standard InChI is InChI=1S/C16H28N4O3/c1-11-6-5-7-12(2)15(11)18-16(21)20(3)10-14-17-13(19-23-14)8-9-22-4/h11-12,15H,5-10H2,1-4H3,(H,18,21)/t11-,12+,15?. The molecule has 7 heteroatoms. The highest BCUT2D eigenvalue weighted by molar-refractivity contribution is 5.74. The van der Waals surface area contributed by atoms with E-state index in [0.29, 0.717) is 43.1 Å². The minimum atomic E-state index is -0.0905. The van der Waals surface area contributed by atoms with Crippen molar-refractivity contribution in [3.63, 3.8) is 0 Å². The minimum absolute atomic E-state index is 0.0905. The molecule has 1 N–H and O–H groups in total. The summed E-state index contributed by atoms with van der Waals surface area (Å²) in [6.45, 7) is 5.27. The maximum atomic E-state index is 12.4. The lowest BCUT2D eigenvalue weighted by molar-refractivity contribution is 0.167. The Morgan fingerprint density at radius 1 is 1.39 bits per heavy atom. The number of hydrogen-bond donors (Lipinski definition) is 1. The summed E-state index contributed by atoms with van der Waals surface area (Å²) in [7, 11) is 3.37. The molecule has 0 spiro atoms. The normalized spacial score (nSPS) is 24.4. The van der Waals surface area contributed by atoms with E-state index in [4.69, 9.17) is 9.26 Å². The Labute approximate surface area is 137 Å². The van der Waals surface area contributed by atoms with Gasteiger partial charge >= 0.3 is 6.03 Å². The van der Waals surface area contributed by atoms with Crippen LogP contribution in [0.1, 0.15) is 44.8 Å². The Balaban J connectivity index is 1.85. The smallest absolute Gasteiger partial charge is 0.317 e. The highest BCUT2D eigenvalue weighted by Crippen LogP contribution is 2.28. The van der Waals surface area contributed by atoms with E-state index in [1.54, 1.807) is 19.1 Å². The first-order valence-corrected chi connectivity index (χ1v) is 8.33. The molecule has 1 heterocycles. The van der Waals surface area contributed by atoms with Crippen LogP contribution in [0.5, 0.6) is 0 Å². The van der Waals surface area contributed by atoms with Crippen LogP contribution in [0.25, 0.3) is 0 Å². The molecular formula is C16H28N4O3. The number of methoxy groups -OCH3 is 1. The third kappa shape index (κ3) is 4.92. The van der Waals surface area contributed by atoms with Gasteiger partial charge in [-0.15, -0.1) is 0 Å². The first-order chi connectivity index (χ1) is 11.0. The van der Waals surface area contributed by atoms with E-state index in [0.717, 1.165) is 0 Å². The second-order valence-corrected chi connectivity index (χ2v) is 6.56. The van der Waals surface area contributed by atoms with Crippen molar-refractivity contribution >= 4 is 6.03 Å². The zero-order valence-electron chi connectivity index (χ0n) is 14.5. The largest absolute Gasteiger partial charge is 0.384 e. The van der Waals surface area contributed by atoms with Gasteiger partial charge in [0.25, 0.3) is 0 Å². The molecule has 130 valence electrons. The monoisotopic (exact) mass is 324 g/mol. The SMILES string of the molecule is COCCc1noc(CN(C)C(=O)NC2[C@H](C)CCC[C@@H]2C)n1. The molecule has 1 fully saturated rings. The zero-order chi connectivity index (χ0) is 16.8. The molecule has 1 aromatic rings. The number of nitrogens with zero attached hydrogens (tertiary/aromatic N) is 3. The van der Waals surface area contributed by atoms with Crippen LogP contribution in [-0.4, -0.2) is 47.9 Å². The van der Waals surface area contributed by atoms with Crippen LogP contribution in [0, 0.1) is 11.8 Å². The number of nitrogens with one attached hydrogen (secondary N) is 1. The minimum Gasteiger partial charge on any atom is -0.384 e. The quantitative estimate of drug-likeness (QED) is 0.868. The number of amides is 2. The van der Waals surface area contributed by atoms with Gasteiger partial charge in [-0.1, -0.05) is 25.4 Å². The highest BCUT2D eigenvalue weighted by Gasteiger charge is 2.29. The Hall–Kier alpha value is -1.63. The number of rotatable bonds is 6. The Bertz CT molecular complexity index is 495. The lowest BCUT2D eigenvalue weighted by Gasteiger charge is -2.36. The summed E-state index contributed by atoms with van der Waals surface area (Å²) in [4.78, 5) is 18.2. The van der Waals surface area contributed by atoms with Crippen molar-refractivity contribution in [2.45, 2.75) is 52.1 Å². The van der Waals surface area contributed by atoms with Gasteiger partial charge in [-0.3, -0.25) is 0 Å². The molecule has 3 atom stereocenters. The van der Waals surface area contributed by atoms with Gasteiger partial charge in [-0.05, 0) is 24.7 Å². The Morgan fingerprint density at radius 3 is 2.74 bits per heavy atom. The van der Waals surface area contributed by atoms with Crippen LogP contribution in [0.4, 0.5) is 4.79 Å². The number of ether oxygens (including phenoxy) is 1. The fourth-order valence-electron chi connectivity index (χ4n) is 3.14. The summed E-state index contributed by atoms with van der Waals surface area (Å²) >= 11 is 0. The molecule has 7 nitrogen and oxygen atoms in total. The topological polar surface area (TPSA) is 80.5 Å². The number of carbonyl (C=O) groups excluding carboxylic acids is 1. The van der Waals surface area contributed by atoms with E-state index >= 15 is 0 Å². The van der Waals surface area contributed by atoms with E-state index in [-0.39, 0.29) is 12.1 Å². The van der Waals surface area contributed by atoms with Gasteiger partial charge in [0.1, 0.15) is 6.54 Å². The maximum absolute atomic E-state index is 12.4. The molecule has 1 unspecified atom stereocenters. The van der Waals surface area contributed by atoms with Gasteiger partial charge in [0.2, 0.25) is 5.89 Å². The van der Waals surface area contributed by atoms with Gasteiger partial charge in [-0.25, -0.2) is 4.79 Å². The van der Waals surface area contributed by atoms with E-state index < -0.39 is 0 Å². The summed E-state index contributed by atoms with van der Waals surface area (Å²) in [6, 6.07) is 0.144. The summed E-state index contributed by atoms with van der Waals surface area (Å²) in [6.07, 6.45) is 4.20. The predicted octanol–water partition coefficient (Wildman–Crippen LogP) is 2.22. The molecular weight excluding hydrogens is 296 g/mol. The predicted molar refractivity (Wildman–Crippen MR) is 85.8 cm³/mol. The van der Waals surface area contributed by atoms with Crippen LogP contribution in [-0.2, 0) is 17.7 Å². The molecule has 1 aromatic heterocycles. The van der Waals surface area contributed by atoms with Gasteiger partial charge in [0.15, 0.2) is 5.82 Å². The molecule has 0 bridgehead atoms. The third-order valence-electron chi connectivity index (χ3n) is 4.59. The fourth-order valence-corrected chi connectivity index (χ4v) is 3.14. The van der Waals surface area contributed by atoms with Gasteiger partial charge in [0.05, 0.1) is 6.61 Å². The lowest BCUT2D eigenvalue weighted by atomic mass is 9.79. The number of carbonyl (C=O) groups is 1. The van der Waals surface area contributed by atoms with Crippen molar-refractivity contribution in [2.24, 2.45) is 11.8 Å². The summed E-state index contributed by atoms with van der Waals surface area (Å²) in [5.74, 6) is 2.07. The van der Waals surface area contributed by atoms with Gasteiger partial charge in [0, 0.05) is 26.6 Å². The first-order valence-electron chi connectivity index (χ1n) is 8.33. The van der Waals surface area contributed by atoms with E-state index in [1.165, 1.54) is 19.3 Å². The number of aromatic nitrogens is 2. The second-order valence-electron chi connectivity index (χ2n) is 6.56. The third-order valence-corrected chi connectivity index (χ3v) is 4.59. The van der Waals surface area contributed by atoms with E-state index in [2.05, 4.69) is 29.3 Å². The molecule has 23 heavy (non-hydrogen) atoms. The van der Waals surface area contributed by atoms with Crippen LogP contribution in [0.3, 0.4) is 0 Å². The van der Waals surface area contributed by atoms with Crippen molar-refractivity contribution in [2.75, 3.05) is 20.8 Å². The van der Waals surface area contributed by atoms with Crippen molar-refractivity contribution in [1.82, 2.24) is 20.4 Å². The average Bonchev–Trinajstić information content (AvgIpc) is 2.96. The average molecular weight is 324 g/mol. The zero-order valence-corrected chi connectivity index (χ0v) is 14.5. The molecule has 0 aromatic carbocycles. The van der Waals surface area contributed by atoms with Gasteiger partial charge in [-0.2, -0.15) is 4.98 Å². The summed E-state index contributed by atoms with van der Waals surface area (Å²) < 4.78 is 10.2. The van der Waals surface area contributed by atoms with Crippen molar-refractivity contribution in [3.8, 4) is 0 Å². The molecule has 2 rings (SSSR count). The Kier molecular flexibility index (Phi) is 6.38. The summed E-state index contributed by atoms with van der Waals surface area (Å²) in [5, 5.41) is 7.04. The highest BCUT2D eigenvalue weighted by atomic mass is 16.5. The molecule has 1 aliphatic rings. The van der Waals surface area contributed by atoms with Crippen molar-refractivity contribution in [3.05, 3.63) is 11.7 Å². The van der Waals surface area contributed by atoms with Gasteiger partial charge < -0.3 is 19.5 Å². The van der Waals surface area contributed by atoms with E-state index in [1.807, 2.05) is 0 Å². The number of urea groups is 1. The molecule has 1 aliphatic carbocycles. The Morgan fingerprint density at radius 2 is 2.09 bits per heavy atom. The van der Waals surface area contributed by atoms with Crippen LogP contribution < -0.4 is 5.32 Å². The molecule has 0 aliphatic heterocycles. The van der Waals surface area contributed by atoms with E-state index in [9.17, 15) is 4.79 Å². The first kappa shape index (κ1) is 17.7. The van der Waals surface area contributed by atoms with Crippen LogP contribution in [0.15, 0.2) is 4.52 Å². The molecule has 1 saturated carbocycles. The van der Waals surface area contributed by atoms with Crippen LogP contribution in [0.2, 0.25) is 0 Å². The second kappa shape index (κ2) is 8.29. The maximum Gasteiger partial charge on any atom is 0.317 e. The lowest BCUT2D eigenvalue weighted by Crippen LogP contribution is -2.49. The number of hydrogen-bond acceptors (Lipinski definition) is 5. The molecule has 0 radical (unpaired) electrons. The fraction of sp³-hybridized carbons (Fsp3) is 0.812. The van der Waals surface area contributed by atoms with Crippen LogP contribution >= 0.6 is 0 Å². The molecule has 0 saturated heterocycles. The summed E-state index contributed by atoms with van der Waals surface area (Å²) in [5.41, 5.74) is 0. The van der Waals surface area contributed by atoms with Crippen molar-refractivity contribution < 1.29 is 14.1 Å².